The highest BCUT2D eigenvalue weighted by molar-refractivity contribution is 6.07. The first-order chi connectivity index (χ1) is 9.17. The quantitative estimate of drug-likeness (QED) is 0.796. The molecule has 20 heavy (non-hydrogen) atoms. The van der Waals surface area contributed by atoms with Crippen molar-refractivity contribution >= 4 is 17.8 Å². The highest BCUT2D eigenvalue weighted by Crippen LogP contribution is 2.35. The number of nitrogen functional groups attached to an aromatic ring is 1. The van der Waals surface area contributed by atoms with E-state index in [1.807, 2.05) is 0 Å². The molecule has 1 aliphatic heterocycles. The molecule has 1 unspecified atom stereocenters. The van der Waals surface area contributed by atoms with E-state index in [2.05, 4.69) is 4.98 Å². The minimum absolute atomic E-state index is 0.0497. The number of nitrogens with zero attached hydrogens (tertiary/aromatic N) is 2. The lowest BCUT2D eigenvalue weighted by Gasteiger charge is -2.24. The van der Waals surface area contributed by atoms with E-state index in [1.54, 1.807) is 5.32 Å². The van der Waals surface area contributed by atoms with Gasteiger partial charge < -0.3 is 11.1 Å². The Morgan fingerprint density at radius 2 is 2.10 bits per heavy atom. The van der Waals surface area contributed by atoms with Crippen LogP contribution < -0.4 is 11.1 Å². The summed E-state index contributed by atoms with van der Waals surface area (Å²) in [6.07, 6.45) is -3.49. The van der Waals surface area contributed by atoms with Crippen molar-refractivity contribution in [3.05, 3.63) is 23.9 Å². The van der Waals surface area contributed by atoms with Crippen molar-refractivity contribution in [2.75, 3.05) is 5.73 Å². The second-order valence-corrected chi connectivity index (χ2v) is 4.49. The fourth-order valence-corrected chi connectivity index (χ4v) is 1.79. The number of amides is 3. The van der Waals surface area contributed by atoms with E-state index in [9.17, 15) is 22.8 Å². The van der Waals surface area contributed by atoms with Gasteiger partial charge in [0.25, 0.3) is 5.91 Å². The third kappa shape index (κ3) is 2.04. The summed E-state index contributed by atoms with van der Waals surface area (Å²) in [5, 5.41) is 1.66. The number of rotatable bonds is 2. The Labute approximate surface area is 111 Å². The van der Waals surface area contributed by atoms with Gasteiger partial charge in [-0.05, 0) is 13.0 Å². The van der Waals surface area contributed by atoms with Gasteiger partial charge in [-0.1, -0.05) is 6.07 Å². The monoisotopic (exact) mass is 288 g/mol. The summed E-state index contributed by atoms with van der Waals surface area (Å²) in [6.45, 7) is 0.260. The third-order valence-electron chi connectivity index (χ3n) is 3.10. The molecule has 1 aromatic heterocycles. The van der Waals surface area contributed by atoms with Crippen LogP contribution >= 0.6 is 0 Å². The van der Waals surface area contributed by atoms with Crippen LogP contribution in [0, 0.1) is 0 Å². The van der Waals surface area contributed by atoms with Crippen molar-refractivity contribution in [3.63, 3.8) is 0 Å². The lowest BCUT2D eigenvalue weighted by atomic mass is 10.0. The van der Waals surface area contributed by atoms with Crippen molar-refractivity contribution < 1.29 is 22.8 Å². The van der Waals surface area contributed by atoms with Crippen LogP contribution in [0.3, 0.4) is 0 Å². The molecule has 0 aliphatic carbocycles. The van der Waals surface area contributed by atoms with E-state index in [1.165, 1.54) is 18.3 Å². The fourth-order valence-electron chi connectivity index (χ4n) is 1.79. The molecule has 1 saturated heterocycles. The molecule has 0 radical (unpaired) electrons. The van der Waals surface area contributed by atoms with Gasteiger partial charge in [0.2, 0.25) is 5.54 Å². The maximum Gasteiger partial charge on any atom is 0.420 e. The molecule has 6 nitrogen and oxygen atoms in total. The van der Waals surface area contributed by atoms with Gasteiger partial charge in [-0.3, -0.25) is 9.69 Å². The van der Waals surface area contributed by atoms with Crippen LogP contribution in [0.25, 0.3) is 0 Å². The summed E-state index contributed by atoms with van der Waals surface area (Å²) in [4.78, 5) is 27.7. The largest absolute Gasteiger partial charge is 0.420 e. The lowest BCUT2D eigenvalue weighted by Crippen LogP contribution is -2.56. The third-order valence-corrected chi connectivity index (χ3v) is 3.10. The van der Waals surface area contributed by atoms with Crippen molar-refractivity contribution in [1.29, 1.82) is 0 Å². The maximum atomic E-state index is 12.9. The molecule has 1 aliphatic rings. The fraction of sp³-hybridized carbons (Fsp3) is 0.364. The summed E-state index contributed by atoms with van der Waals surface area (Å²) in [7, 11) is 0. The Balaban J connectivity index is 2.29. The van der Waals surface area contributed by atoms with E-state index in [-0.39, 0.29) is 12.4 Å². The number of hydrogen-bond acceptors (Lipinski definition) is 4. The van der Waals surface area contributed by atoms with Gasteiger partial charge in [-0.2, -0.15) is 13.2 Å². The number of carbonyl (C=O) groups excluding carboxylic acids is 2. The smallest absolute Gasteiger partial charge is 0.383 e. The summed E-state index contributed by atoms with van der Waals surface area (Å²) in [5.41, 5.74) is 2.92. The number of urea groups is 1. The topological polar surface area (TPSA) is 88.3 Å². The van der Waals surface area contributed by atoms with E-state index >= 15 is 0 Å². The maximum absolute atomic E-state index is 12.9. The summed E-state index contributed by atoms with van der Waals surface area (Å²) in [6, 6.07) is 1.87. The number of imide groups is 1. The van der Waals surface area contributed by atoms with Crippen LogP contribution in [0.1, 0.15) is 12.5 Å². The first-order valence-corrected chi connectivity index (χ1v) is 5.57. The van der Waals surface area contributed by atoms with E-state index in [0.717, 1.165) is 0 Å². The van der Waals surface area contributed by atoms with E-state index < -0.39 is 23.7 Å². The molecule has 0 aromatic carbocycles. The number of anilines is 1. The van der Waals surface area contributed by atoms with Gasteiger partial charge in [-0.25, -0.2) is 9.78 Å². The summed E-state index contributed by atoms with van der Waals surface area (Å²) in [5.74, 6) is -1.31. The first kappa shape index (κ1) is 14.1. The second-order valence-electron chi connectivity index (χ2n) is 4.49. The van der Waals surface area contributed by atoms with Crippen molar-refractivity contribution in [1.82, 2.24) is 15.2 Å². The predicted octanol–water partition coefficient (Wildman–Crippen LogP) is 1.04. The van der Waals surface area contributed by atoms with Gasteiger partial charge >= 0.3 is 12.2 Å². The minimum atomic E-state index is -4.88. The molecule has 9 heteroatoms. The number of halogens is 3. The number of nitrogens with one attached hydrogen (secondary N) is 1. The zero-order valence-corrected chi connectivity index (χ0v) is 10.4. The average Bonchev–Trinajstić information content (AvgIpc) is 2.56. The molecule has 0 saturated carbocycles. The molecule has 1 aromatic rings. The average molecular weight is 288 g/mol. The number of hydrogen-bond donors (Lipinski definition) is 2. The molecule has 3 N–H and O–H groups in total. The normalized spacial score (nSPS) is 23.1. The Morgan fingerprint density at radius 3 is 2.60 bits per heavy atom. The summed E-state index contributed by atoms with van der Waals surface area (Å²) < 4.78 is 38.6. The molecule has 3 amide bonds. The van der Waals surface area contributed by atoms with Gasteiger partial charge in [0.05, 0.1) is 6.54 Å². The highest BCUT2D eigenvalue weighted by atomic mass is 19.4. The molecule has 2 rings (SSSR count). The van der Waals surface area contributed by atoms with Crippen molar-refractivity contribution in [2.24, 2.45) is 0 Å². The van der Waals surface area contributed by atoms with Crippen LogP contribution in [0.5, 0.6) is 0 Å². The highest BCUT2D eigenvalue weighted by Gasteiger charge is 2.64. The van der Waals surface area contributed by atoms with Crippen LogP contribution in [-0.4, -0.2) is 33.5 Å². The van der Waals surface area contributed by atoms with Crippen molar-refractivity contribution in [2.45, 2.75) is 25.2 Å². The van der Waals surface area contributed by atoms with Gasteiger partial charge in [0.1, 0.15) is 5.82 Å². The molecule has 0 spiro atoms. The molecule has 0 bridgehead atoms. The van der Waals surface area contributed by atoms with Crippen LogP contribution in [0.15, 0.2) is 18.3 Å². The first-order valence-electron chi connectivity index (χ1n) is 5.57. The van der Waals surface area contributed by atoms with Gasteiger partial charge in [0, 0.05) is 11.8 Å². The van der Waals surface area contributed by atoms with E-state index in [4.69, 9.17) is 5.73 Å². The van der Waals surface area contributed by atoms with Crippen LogP contribution in [0.2, 0.25) is 0 Å². The molecular weight excluding hydrogens is 277 g/mol. The van der Waals surface area contributed by atoms with Crippen LogP contribution in [0.4, 0.5) is 23.8 Å². The standard InChI is InChI=1S/C11H11F3N4O2/c1-10(11(12,13)14)8(19)18(9(20)17-10)5-6-3-2-4-16-7(6)15/h2-4H,5H2,1H3,(H2,15,16)(H,17,20). The number of nitrogens with two attached hydrogens (primary N) is 1. The number of alkyl halides is 3. The SMILES string of the molecule is CC1(C(F)(F)F)NC(=O)N(Cc2cccnc2N)C1=O. The van der Waals surface area contributed by atoms with Gasteiger partial charge in [0.15, 0.2) is 0 Å². The minimum Gasteiger partial charge on any atom is -0.383 e. The molecular formula is C11H11F3N4O2. The van der Waals surface area contributed by atoms with E-state index in [0.29, 0.717) is 17.4 Å². The van der Waals surface area contributed by atoms with Gasteiger partial charge in [-0.15, -0.1) is 0 Å². The predicted molar refractivity (Wildman–Crippen MR) is 62.2 cm³/mol. The Hall–Kier alpha value is -2.32. The zero-order chi connectivity index (χ0) is 15.1. The molecule has 108 valence electrons. The molecule has 1 fully saturated rings. The number of aromatic nitrogens is 1. The van der Waals surface area contributed by atoms with Crippen LogP contribution in [-0.2, 0) is 11.3 Å². The number of pyridine rings is 1. The Kier molecular flexibility index (Phi) is 3.07. The summed E-state index contributed by atoms with van der Waals surface area (Å²) >= 11 is 0. The molecule has 1 atom stereocenters. The second kappa shape index (κ2) is 4.36. The molecule has 2 heterocycles. The zero-order valence-electron chi connectivity index (χ0n) is 10.4. The van der Waals surface area contributed by atoms with Crippen molar-refractivity contribution in [3.8, 4) is 0 Å². The Morgan fingerprint density at radius 1 is 1.45 bits per heavy atom. The lowest BCUT2D eigenvalue weighted by molar-refractivity contribution is -0.191. The number of carbonyl (C=O) groups is 2. The Bertz CT molecular complexity index is 575.